The van der Waals surface area contributed by atoms with E-state index < -0.39 is 12.7 Å². The second kappa shape index (κ2) is 13.8. The van der Waals surface area contributed by atoms with Gasteiger partial charge >= 0.3 is 7.12 Å². The van der Waals surface area contributed by atoms with Gasteiger partial charge < -0.3 is 28.9 Å². The Morgan fingerprint density at radius 3 is 2.44 bits per heavy atom. The predicted molar refractivity (Wildman–Crippen MR) is 196 cm³/mol. The summed E-state index contributed by atoms with van der Waals surface area (Å²) in [5.74, 6) is 1.73. The minimum Gasteiger partial charge on any atom is -0.497 e. The van der Waals surface area contributed by atoms with Crippen molar-refractivity contribution in [2.24, 2.45) is 28.3 Å². The van der Waals surface area contributed by atoms with Gasteiger partial charge in [0.15, 0.2) is 0 Å². The van der Waals surface area contributed by atoms with E-state index in [1.165, 1.54) is 6.42 Å². The Kier molecular flexibility index (Phi) is 9.61. The Hall–Kier alpha value is -3.66. The van der Waals surface area contributed by atoms with Crippen molar-refractivity contribution in [2.75, 3.05) is 13.7 Å². The zero-order chi connectivity index (χ0) is 35.1. The average Bonchev–Trinajstić information content (AvgIpc) is 3.69. The van der Waals surface area contributed by atoms with Gasteiger partial charge in [0, 0.05) is 12.8 Å². The first-order valence-electron chi connectivity index (χ1n) is 18.2. The fraction of sp³-hybridized carbons (Fsp3) is 0.512. The van der Waals surface area contributed by atoms with E-state index in [0.717, 1.165) is 40.8 Å². The highest BCUT2D eigenvalue weighted by atomic mass is 16.7. The van der Waals surface area contributed by atoms with Gasteiger partial charge in [0.25, 0.3) is 5.91 Å². The topological polar surface area (TPSA) is 87.6 Å². The molecule has 2 aliphatic heterocycles. The molecular weight excluding hydrogens is 627 g/mol. The van der Waals surface area contributed by atoms with Crippen LogP contribution in [0.3, 0.4) is 0 Å². The molecule has 8 rings (SSSR count). The van der Waals surface area contributed by atoms with Crippen LogP contribution >= 0.6 is 0 Å². The number of carbonyl (C=O) groups excluding carboxylic acids is 1. The number of hydrogen-bond acceptors (Lipinski definition) is 7. The second-order valence-electron chi connectivity index (χ2n) is 16.1. The molecule has 3 aromatic rings. The van der Waals surface area contributed by atoms with E-state index in [1.807, 2.05) is 60.7 Å². The van der Waals surface area contributed by atoms with E-state index in [1.54, 1.807) is 7.11 Å². The average molecular weight is 679 g/mol. The molecule has 1 unspecified atom stereocenters. The fourth-order valence-electron chi connectivity index (χ4n) is 8.87. The molecule has 0 radical (unpaired) electrons. The van der Waals surface area contributed by atoms with Crippen molar-refractivity contribution < 1.29 is 28.4 Å². The highest BCUT2D eigenvalue weighted by Gasteiger charge is 2.68. The van der Waals surface area contributed by atoms with E-state index in [0.29, 0.717) is 42.9 Å². The molecule has 3 aliphatic carbocycles. The lowest BCUT2D eigenvalue weighted by Crippen LogP contribution is -2.65. The third-order valence-electron chi connectivity index (χ3n) is 11.8. The number of benzene rings is 3. The van der Waals surface area contributed by atoms with E-state index in [9.17, 15) is 4.79 Å². The van der Waals surface area contributed by atoms with Crippen LogP contribution < -0.4 is 10.1 Å². The van der Waals surface area contributed by atoms with Crippen molar-refractivity contribution in [3.05, 3.63) is 90.0 Å². The Balaban J connectivity index is 1.03. The lowest BCUT2D eigenvalue weighted by atomic mass is 9.43. The first-order valence-corrected chi connectivity index (χ1v) is 18.2. The fourth-order valence-corrected chi connectivity index (χ4v) is 8.87. The molecule has 8 nitrogen and oxygen atoms in total. The minimum absolute atomic E-state index is 0.0424. The standard InChI is InChI=1S/C41H51BN2O6/c1-27(2)19-37(42-48-36-22-32-21-35(39(32,3)4)40(36,5)49-42)43-38(45)41(23-28-11-8-7-9-12-28)24-33(44-50-41)26-47-25-29-13-10-14-31(20-29)30-15-17-34(46-6)18-16-30/h7-18,20,27,32,35-37H,19,21-26H2,1-6H3,(H,43,45)/t32-,35-,36+,37-,40-,41?/m0/s1. The Labute approximate surface area is 297 Å². The van der Waals surface area contributed by atoms with Crippen molar-refractivity contribution in [2.45, 2.75) is 96.6 Å². The summed E-state index contributed by atoms with van der Waals surface area (Å²) in [4.78, 5) is 20.6. The van der Waals surface area contributed by atoms with Crippen LogP contribution in [0.25, 0.3) is 11.1 Å². The number of hydrogen-bond donors (Lipinski definition) is 1. The number of ether oxygens (including phenoxy) is 2. The number of nitrogens with one attached hydrogen (secondary N) is 1. The summed E-state index contributed by atoms with van der Waals surface area (Å²) in [6.07, 6.45) is 3.67. The van der Waals surface area contributed by atoms with Gasteiger partial charge in [-0.05, 0) is 89.8 Å². The van der Waals surface area contributed by atoms with E-state index >= 15 is 0 Å². The molecule has 3 saturated carbocycles. The molecule has 0 aromatic heterocycles. The van der Waals surface area contributed by atoms with E-state index in [4.69, 9.17) is 23.6 Å². The van der Waals surface area contributed by atoms with E-state index in [2.05, 4.69) is 63.3 Å². The molecule has 1 amide bonds. The predicted octanol–water partition coefficient (Wildman–Crippen LogP) is 7.44. The maximum atomic E-state index is 14.5. The lowest BCUT2D eigenvalue weighted by Gasteiger charge is -2.64. The summed E-state index contributed by atoms with van der Waals surface area (Å²) in [6.45, 7) is 12.0. The van der Waals surface area contributed by atoms with Crippen molar-refractivity contribution in [3.8, 4) is 16.9 Å². The summed E-state index contributed by atoms with van der Waals surface area (Å²) in [5, 5.41) is 7.81. The number of amides is 1. The van der Waals surface area contributed by atoms with Crippen LogP contribution in [-0.2, 0) is 36.7 Å². The maximum Gasteiger partial charge on any atom is 0.481 e. The first-order chi connectivity index (χ1) is 24.0. The van der Waals surface area contributed by atoms with Crippen LogP contribution in [0.5, 0.6) is 5.75 Å². The molecule has 3 aromatic carbocycles. The molecule has 4 fully saturated rings. The number of nitrogens with zero attached hydrogens (tertiary/aromatic N) is 1. The molecule has 9 heteroatoms. The van der Waals surface area contributed by atoms with Crippen LogP contribution in [-0.4, -0.2) is 55.7 Å². The van der Waals surface area contributed by atoms with E-state index in [-0.39, 0.29) is 35.6 Å². The van der Waals surface area contributed by atoms with Gasteiger partial charge in [-0.3, -0.25) is 4.79 Å². The van der Waals surface area contributed by atoms with Gasteiger partial charge in [0.05, 0.1) is 43.7 Å². The van der Waals surface area contributed by atoms with Gasteiger partial charge in [-0.1, -0.05) is 93.5 Å². The summed E-state index contributed by atoms with van der Waals surface area (Å²) >= 11 is 0. The van der Waals surface area contributed by atoms with Crippen molar-refractivity contribution in [1.82, 2.24) is 5.32 Å². The molecule has 5 aliphatic rings. The summed E-state index contributed by atoms with van der Waals surface area (Å²) in [6, 6.07) is 26.3. The summed E-state index contributed by atoms with van der Waals surface area (Å²) in [7, 11) is 1.15. The molecule has 0 spiro atoms. The van der Waals surface area contributed by atoms with Crippen LogP contribution in [0.2, 0.25) is 0 Å². The maximum absolute atomic E-state index is 14.5. The molecule has 2 bridgehead atoms. The molecule has 264 valence electrons. The molecule has 6 atom stereocenters. The summed E-state index contributed by atoms with van der Waals surface area (Å²) < 4.78 is 25.0. The van der Waals surface area contributed by atoms with Gasteiger partial charge in [-0.2, -0.15) is 0 Å². The Bertz CT molecular complexity index is 1700. The first kappa shape index (κ1) is 34.8. The van der Waals surface area contributed by atoms with Crippen molar-refractivity contribution in [3.63, 3.8) is 0 Å². The number of oxime groups is 1. The Morgan fingerprint density at radius 2 is 1.72 bits per heavy atom. The third kappa shape index (κ3) is 6.72. The third-order valence-corrected chi connectivity index (χ3v) is 11.8. The van der Waals surface area contributed by atoms with Crippen LogP contribution in [0.1, 0.15) is 71.4 Å². The summed E-state index contributed by atoms with van der Waals surface area (Å²) in [5.41, 5.74) is 3.66. The monoisotopic (exact) mass is 678 g/mol. The van der Waals surface area contributed by atoms with Gasteiger partial charge in [0.1, 0.15) is 5.75 Å². The zero-order valence-electron chi connectivity index (χ0n) is 30.3. The smallest absolute Gasteiger partial charge is 0.481 e. The lowest BCUT2D eigenvalue weighted by molar-refractivity contribution is -0.199. The van der Waals surface area contributed by atoms with Crippen molar-refractivity contribution >= 4 is 18.7 Å². The van der Waals surface area contributed by atoms with Crippen LogP contribution in [0, 0.1) is 23.2 Å². The largest absolute Gasteiger partial charge is 0.497 e. The van der Waals surface area contributed by atoms with Gasteiger partial charge in [0.2, 0.25) is 5.60 Å². The minimum atomic E-state index is -1.21. The molecule has 1 saturated heterocycles. The van der Waals surface area contributed by atoms with Crippen LogP contribution in [0.4, 0.5) is 0 Å². The number of carbonyl (C=O) groups is 1. The van der Waals surface area contributed by atoms with Gasteiger partial charge in [-0.15, -0.1) is 0 Å². The van der Waals surface area contributed by atoms with Gasteiger partial charge in [-0.25, -0.2) is 0 Å². The Morgan fingerprint density at radius 1 is 0.960 bits per heavy atom. The highest BCUT2D eigenvalue weighted by Crippen LogP contribution is 2.65. The quantitative estimate of drug-likeness (QED) is 0.189. The number of methoxy groups -OCH3 is 1. The SMILES string of the molecule is COc1ccc(-c2cccc(COCC3=NOC(Cc4ccccc4)(C(=O)N[C@@H](CC(C)C)B4O[C@@H]5C[C@@H]6C[C@@H](C6(C)C)[C@]5(C)O4)C3)c2)cc1. The second-order valence-corrected chi connectivity index (χ2v) is 16.1. The molecule has 1 N–H and O–H groups in total. The number of rotatable bonds is 13. The van der Waals surface area contributed by atoms with Crippen molar-refractivity contribution in [1.29, 1.82) is 0 Å². The highest BCUT2D eigenvalue weighted by molar-refractivity contribution is 6.48. The normalized spacial score (nSPS) is 28.3. The molecular formula is C41H51BN2O6. The molecule has 50 heavy (non-hydrogen) atoms. The zero-order valence-corrected chi connectivity index (χ0v) is 30.3. The van der Waals surface area contributed by atoms with Crippen LogP contribution in [0.15, 0.2) is 84.0 Å². The molecule has 2 heterocycles.